The first-order valence-electron chi connectivity index (χ1n) is 11.6. The average molecular weight is 481 g/mol. The molecule has 0 aliphatic carbocycles. The Bertz CT molecular complexity index is 1270. The highest BCUT2D eigenvalue weighted by Gasteiger charge is 2.18. The van der Waals surface area contributed by atoms with Crippen LogP contribution in [0.2, 0.25) is 0 Å². The second kappa shape index (κ2) is 11.5. The van der Waals surface area contributed by atoms with Gasteiger partial charge in [-0.15, -0.1) is 0 Å². The second-order valence-corrected chi connectivity index (χ2v) is 9.08. The van der Waals surface area contributed by atoms with E-state index in [1.807, 2.05) is 13.8 Å². The summed E-state index contributed by atoms with van der Waals surface area (Å²) in [7, 11) is 1.50. The third-order valence-electron chi connectivity index (χ3n) is 5.29. The average Bonchev–Trinajstić information content (AvgIpc) is 2.83. The molecule has 0 fully saturated rings. The van der Waals surface area contributed by atoms with Crippen molar-refractivity contribution in [3.05, 3.63) is 64.1 Å². The number of carbonyl (C=O) groups excluding carboxylic acids is 2. The number of nitrogens with one attached hydrogen (secondary N) is 2. The predicted molar refractivity (Wildman–Crippen MR) is 134 cm³/mol. The number of benzene rings is 2. The molecule has 0 radical (unpaired) electrons. The molecule has 35 heavy (non-hydrogen) atoms. The lowest BCUT2D eigenvalue weighted by Gasteiger charge is -2.14. The van der Waals surface area contributed by atoms with Gasteiger partial charge in [0.25, 0.3) is 17.4 Å². The molecule has 0 atom stereocenters. The summed E-state index contributed by atoms with van der Waals surface area (Å²) in [5.41, 5.74) is 4.86. The maximum Gasteiger partial charge on any atom is 0.290 e. The van der Waals surface area contributed by atoms with Crippen LogP contribution in [0, 0.1) is 11.8 Å². The maximum absolute atomic E-state index is 12.9. The van der Waals surface area contributed by atoms with E-state index in [0.717, 1.165) is 6.42 Å². The van der Waals surface area contributed by atoms with Crippen LogP contribution >= 0.6 is 0 Å². The first-order chi connectivity index (χ1) is 16.7. The monoisotopic (exact) mass is 480 g/mol. The van der Waals surface area contributed by atoms with Gasteiger partial charge in [-0.1, -0.05) is 45.9 Å². The zero-order chi connectivity index (χ0) is 25.5. The number of ether oxygens (including phenoxy) is 2. The first-order valence-corrected chi connectivity index (χ1v) is 11.6. The van der Waals surface area contributed by atoms with Crippen molar-refractivity contribution in [3.8, 4) is 11.5 Å². The molecule has 0 spiro atoms. The van der Waals surface area contributed by atoms with E-state index in [2.05, 4.69) is 29.8 Å². The van der Waals surface area contributed by atoms with Crippen LogP contribution in [0.15, 0.2) is 47.3 Å². The zero-order valence-corrected chi connectivity index (χ0v) is 20.8. The van der Waals surface area contributed by atoms with Crippen LogP contribution in [0.1, 0.15) is 55.0 Å². The molecule has 0 unspecified atom stereocenters. The first kappa shape index (κ1) is 25.7. The van der Waals surface area contributed by atoms with E-state index in [9.17, 15) is 14.4 Å². The molecular formula is C26H32N4O5. The summed E-state index contributed by atoms with van der Waals surface area (Å²) >= 11 is 0. The molecule has 0 aliphatic heterocycles. The van der Waals surface area contributed by atoms with E-state index in [-0.39, 0.29) is 22.7 Å². The van der Waals surface area contributed by atoms with Crippen molar-refractivity contribution >= 4 is 22.6 Å². The van der Waals surface area contributed by atoms with Gasteiger partial charge in [-0.3, -0.25) is 25.2 Å². The van der Waals surface area contributed by atoms with Gasteiger partial charge in [0.2, 0.25) is 0 Å². The van der Waals surface area contributed by atoms with Crippen molar-refractivity contribution in [2.75, 3.05) is 13.7 Å². The number of hydrogen-bond donors (Lipinski definition) is 2. The molecule has 186 valence electrons. The number of carbonyl (C=O) groups is 2. The fraction of sp³-hybridized carbons (Fsp3) is 0.385. The van der Waals surface area contributed by atoms with Crippen LogP contribution < -0.4 is 25.9 Å². The van der Waals surface area contributed by atoms with Crippen molar-refractivity contribution in [1.29, 1.82) is 0 Å². The van der Waals surface area contributed by atoms with Gasteiger partial charge in [0, 0.05) is 17.5 Å². The quantitative estimate of drug-likeness (QED) is 0.453. The number of hydrogen-bond acceptors (Lipinski definition) is 6. The number of fused-ring (bicyclic) bond motifs is 1. The topological polar surface area (TPSA) is 112 Å². The summed E-state index contributed by atoms with van der Waals surface area (Å²) in [6.45, 7) is 9.03. The fourth-order valence-corrected chi connectivity index (χ4v) is 3.45. The molecule has 0 bridgehead atoms. The van der Waals surface area contributed by atoms with Gasteiger partial charge >= 0.3 is 0 Å². The maximum atomic E-state index is 12.9. The summed E-state index contributed by atoms with van der Waals surface area (Å²) in [6, 6.07) is 11.6. The molecular weight excluding hydrogens is 448 g/mol. The molecule has 2 aromatic carbocycles. The van der Waals surface area contributed by atoms with Crippen molar-refractivity contribution in [1.82, 2.24) is 20.6 Å². The smallest absolute Gasteiger partial charge is 0.290 e. The van der Waals surface area contributed by atoms with Crippen LogP contribution in [0.3, 0.4) is 0 Å². The van der Waals surface area contributed by atoms with Gasteiger partial charge in [-0.05, 0) is 42.5 Å². The van der Waals surface area contributed by atoms with Gasteiger partial charge in [-0.2, -0.15) is 5.10 Å². The molecule has 0 saturated heterocycles. The SMILES string of the molecule is COc1cc(C(=O)NNC(=O)c2nn(CC(C)C)c(=O)c3ccccc23)ccc1OCCC(C)C. The van der Waals surface area contributed by atoms with Crippen molar-refractivity contribution < 1.29 is 19.1 Å². The molecule has 9 nitrogen and oxygen atoms in total. The van der Waals surface area contributed by atoms with Gasteiger partial charge in [0.1, 0.15) is 0 Å². The van der Waals surface area contributed by atoms with Crippen LogP contribution in [0.5, 0.6) is 11.5 Å². The zero-order valence-electron chi connectivity index (χ0n) is 20.8. The molecule has 0 saturated carbocycles. The molecule has 2 amide bonds. The van der Waals surface area contributed by atoms with Crippen molar-refractivity contribution in [2.45, 2.75) is 40.7 Å². The third-order valence-corrected chi connectivity index (χ3v) is 5.29. The van der Waals surface area contributed by atoms with Crippen molar-refractivity contribution in [2.24, 2.45) is 11.8 Å². The van der Waals surface area contributed by atoms with Gasteiger partial charge < -0.3 is 9.47 Å². The Hall–Kier alpha value is -3.88. The largest absolute Gasteiger partial charge is 0.493 e. The normalized spacial score (nSPS) is 11.1. The number of methoxy groups -OCH3 is 1. The fourth-order valence-electron chi connectivity index (χ4n) is 3.45. The number of hydrazine groups is 1. The highest BCUT2D eigenvalue weighted by molar-refractivity contribution is 6.06. The Labute approximate surface area is 204 Å². The number of nitrogens with zero attached hydrogens (tertiary/aromatic N) is 2. The summed E-state index contributed by atoms with van der Waals surface area (Å²) in [5.74, 6) is 0.450. The lowest BCUT2D eigenvalue weighted by atomic mass is 10.1. The predicted octanol–water partition coefficient (Wildman–Crippen LogP) is 3.56. The van der Waals surface area contributed by atoms with E-state index in [0.29, 0.717) is 41.3 Å². The minimum Gasteiger partial charge on any atom is -0.493 e. The molecule has 3 aromatic rings. The minimum atomic E-state index is -0.632. The van der Waals surface area contributed by atoms with E-state index < -0.39 is 11.8 Å². The van der Waals surface area contributed by atoms with Crippen LogP contribution in [0.4, 0.5) is 0 Å². The Balaban J connectivity index is 1.77. The minimum absolute atomic E-state index is 0.0487. The second-order valence-electron chi connectivity index (χ2n) is 9.08. The highest BCUT2D eigenvalue weighted by atomic mass is 16.5. The highest BCUT2D eigenvalue weighted by Crippen LogP contribution is 2.28. The third kappa shape index (κ3) is 6.38. The number of rotatable bonds is 9. The van der Waals surface area contributed by atoms with Crippen molar-refractivity contribution in [3.63, 3.8) is 0 Å². The summed E-state index contributed by atoms with van der Waals surface area (Å²) in [5, 5.41) is 5.07. The Kier molecular flexibility index (Phi) is 8.46. The van der Waals surface area contributed by atoms with Crippen LogP contribution in [-0.2, 0) is 6.54 Å². The molecule has 9 heteroatoms. The number of aromatic nitrogens is 2. The molecule has 3 rings (SSSR count). The Morgan fingerprint density at radius 1 is 0.943 bits per heavy atom. The van der Waals surface area contributed by atoms with E-state index in [1.165, 1.54) is 11.8 Å². The van der Waals surface area contributed by atoms with Gasteiger partial charge in [0.15, 0.2) is 17.2 Å². The molecule has 1 heterocycles. The summed E-state index contributed by atoms with van der Waals surface area (Å²) < 4.78 is 12.4. The molecule has 1 aromatic heterocycles. The van der Waals surface area contributed by atoms with E-state index >= 15 is 0 Å². The summed E-state index contributed by atoms with van der Waals surface area (Å²) in [4.78, 5) is 38.4. The Morgan fingerprint density at radius 3 is 2.29 bits per heavy atom. The molecule has 0 aliphatic rings. The lowest BCUT2D eigenvalue weighted by Crippen LogP contribution is -2.43. The van der Waals surface area contributed by atoms with Crippen LogP contribution in [0.25, 0.3) is 10.8 Å². The Morgan fingerprint density at radius 2 is 1.63 bits per heavy atom. The standard InChI is InChI=1S/C26H32N4O5/c1-16(2)12-13-35-21-11-10-18(14-22(21)34-5)24(31)27-28-25(32)23-19-8-6-7-9-20(19)26(33)30(29-23)15-17(3)4/h6-11,14,16-17H,12-13,15H2,1-5H3,(H,27,31)(H,28,32). The van der Waals surface area contributed by atoms with E-state index in [1.54, 1.807) is 42.5 Å². The van der Waals surface area contributed by atoms with Gasteiger partial charge in [-0.25, -0.2) is 4.68 Å². The van der Waals surface area contributed by atoms with E-state index in [4.69, 9.17) is 9.47 Å². The van der Waals surface area contributed by atoms with Crippen LogP contribution in [-0.4, -0.2) is 35.3 Å². The number of amides is 2. The van der Waals surface area contributed by atoms with Gasteiger partial charge in [0.05, 0.1) is 19.1 Å². The summed E-state index contributed by atoms with van der Waals surface area (Å²) in [6.07, 6.45) is 0.893. The molecule has 2 N–H and O–H groups in total. The lowest BCUT2D eigenvalue weighted by molar-refractivity contribution is 0.0843.